The lowest BCUT2D eigenvalue weighted by molar-refractivity contribution is -0.124. The van der Waals surface area contributed by atoms with E-state index in [1.807, 2.05) is 12.1 Å². The lowest BCUT2D eigenvalue weighted by Crippen LogP contribution is -2.33. The zero-order chi connectivity index (χ0) is 15.8. The van der Waals surface area contributed by atoms with Gasteiger partial charge < -0.3 is 10.1 Å². The van der Waals surface area contributed by atoms with E-state index in [1.54, 1.807) is 12.1 Å². The van der Waals surface area contributed by atoms with Crippen molar-refractivity contribution in [3.8, 4) is 0 Å². The molecule has 1 N–H and O–H groups in total. The third-order valence-electron chi connectivity index (χ3n) is 4.24. The van der Waals surface area contributed by atoms with Gasteiger partial charge in [-0.25, -0.2) is 4.79 Å². The van der Waals surface area contributed by atoms with E-state index >= 15 is 0 Å². The molecule has 0 unspecified atom stereocenters. The number of ether oxygens (including phenoxy) is 1. The molecule has 0 radical (unpaired) electrons. The number of amides is 1. The van der Waals surface area contributed by atoms with Crippen LogP contribution < -0.4 is 5.32 Å². The van der Waals surface area contributed by atoms with Gasteiger partial charge in [0.2, 0.25) is 0 Å². The first-order valence-electron chi connectivity index (χ1n) is 8.21. The van der Waals surface area contributed by atoms with Crippen LogP contribution in [0.4, 0.5) is 0 Å². The Morgan fingerprint density at radius 3 is 2.45 bits per heavy atom. The average molecular weight is 303 g/mol. The summed E-state index contributed by atoms with van der Waals surface area (Å²) in [6, 6.07) is 7.28. The Labute approximate surface area is 132 Å². The van der Waals surface area contributed by atoms with Crippen LogP contribution in [0.5, 0.6) is 0 Å². The summed E-state index contributed by atoms with van der Waals surface area (Å²) in [5.74, 6) is -0.0884. The van der Waals surface area contributed by atoms with E-state index < -0.39 is 5.97 Å². The van der Waals surface area contributed by atoms with Crippen molar-refractivity contribution < 1.29 is 14.3 Å². The first kappa shape index (κ1) is 16.5. The van der Waals surface area contributed by atoms with Gasteiger partial charge in [-0.2, -0.15) is 0 Å². The van der Waals surface area contributed by atoms with Gasteiger partial charge in [0.25, 0.3) is 5.91 Å². The maximum Gasteiger partial charge on any atom is 0.338 e. The zero-order valence-electron chi connectivity index (χ0n) is 13.3. The summed E-state index contributed by atoms with van der Waals surface area (Å²) < 4.78 is 5.05. The summed E-state index contributed by atoms with van der Waals surface area (Å²) in [5.41, 5.74) is 1.65. The lowest BCUT2D eigenvalue weighted by atomic mass is 9.89. The molecule has 4 heteroatoms. The molecule has 4 nitrogen and oxygen atoms in total. The molecule has 1 amide bonds. The van der Waals surface area contributed by atoms with Crippen molar-refractivity contribution in [2.45, 2.75) is 45.4 Å². The van der Waals surface area contributed by atoms with Crippen molar-refractivity contribution in [1.29, 1.82) is 0 Å². The van der Waals surface area contributed by atoms with Crippen molar-refractivity contribution in [2.24, 2.45) is 5.92 Å². The van der Waals surface area contributed by atoms with Gasteiger partial charge in [-0.3, -0.25) is 4.79 Å². The Balaban J connectivity index is 1.69. The van der Waals surface area contributed by atoms with Crippen LogP contribution in [0.15, 0.2) is 24.3 Å². The number of carbonyl (C=O) groups excluding carboxylic acids is 2. The molecule has 0 bridgehead atoms. The summed E-state index contributed by atoms with van der Waals surface area (Å²) in [5, 5.41) is 2.86. The Kier molecular flexibility index (Phi) is 6.44. The molecular weight excluding hydrogens is 278 g/mol. The van der Waals surface area contributed by atoms with Crippen LogP contribution in [0.3, 0.4) is 0 Å². The first-order chi connectivity index (χ1) is 10.7. The molecule has 1 aliphatic rings. The Hall–Kier alpha value is -1.84. The van der Waals surface area contributed by atoms with E-state index in [0.717, 1.165) is 6.42 Å². The molecule has 0 aliphatic heterocycles. The molecule has 22 heavy (non-hydrogen) atoms. The maximum atomic E-state index is 11.9. The topological polar surface area (TPSA) is 55.4 Å². The van der Waals surface area contributed by atoms with E-state index in [9.17, 15) is 9.59 Å². The number of benzene rings is 1. The number of hydrogen-bond acceptors (Lipinski definition) is 3. The lowest BCUT2D eigenvalue weighted by Gasteiger charge is -2.21. The molecule has 2 rings (SSSR count). The number of esters is 1. The predicted molar refractivity (Wildman–Crippen MR) is 85.7 cm³/mol. The number of carbonyl (C=O) groups is 2. The fourth-order valence-corrected chi connectivity index (χ4v) is 2.79. The normalized spacial score (nSPS) is 15.3. The molecule has 1 aromatic carbocycles. The van der Waals surface area contributed by atoms with Crippen molar-refractivity contribution in [3.63, 3.8) is 0 Å². The van der Waals surface area contributed by atoms with Crippen molar-refractivity contribution in [2.75, 3.05) is 13.2 Å². The summed E-state index contributed by atoms with van der Waals surface area (Å²) in [7, 11) is 0. The van der Waals surface area contributed by atoms with Crippen molar-refractivity contribution in [1.82, 2.24) is 5.32 Å². The van der Waals surface area contributed by atoms with E-state index in [4.69, 9.17) is 4.74 Å². The summed E-state index contributed by atoms with van der Waals surface area (Å²) in [6.07, 6.45) is 7.11. The maximum absolute atomic E-state index is 11.9. The van der Waals surface area contributed by atoms with E-state index in [-0.39, 0.29) is 12.5 Å². The van der Waals surface area contributed by atoms with Gasteiger partial charge in [0, 0.05) is 6.54 Å². The largest absolute Gasteiger partial charge is 0.452 e. The van der Waals surface area contributed by atoms with Crippen LogP contribution in [0.25, 0.3) is 0 Å². The minimum absolute atomic E-state index is 0.207. The fraction of sp³-hybridized carbons (Fsp3) is 0.556. The molecule has 0 saturated heterocycles. The van der Waals surface area contributed by atoms with Gasteiger partial charge in [0.1, 0.15) is 0 Å². The standard InChI is InChI=1S/C18H25NO3/c1-2-14-8-10-16(11-9-14)18(21)22-13-17(20)19-12-15-6-4-3-5-7-15/h8-11,15H,2-7,12-13H2,1H3,(H,19,20). The summed E-state index contributed by atoms with van der Waals surface area (Å²) in [4.78, 5) is 23.6. The minimum Gasteiger partial charge on any atom is -0.452 e. The third-order valence-corrected chi connectivity index (χ3v) is 4.24. The highest BCUT2D eigenvalue weighted by Gasteiger charge is 2.15. The Bertz CT molecular complexity index is 490. The fourth-order valence-electron chi connectivity index (χ4n) is 2.79. The molecule has 1 aromatic rings. The second-order valence-corrected chi connectivity index (χ2v) is 5.93. The number of aryl methyl sites for hydroxylation is 1. The second-order valence-electron chi connectivity index (χ2n) is 5.93. The van der Waals surface area contributed by atoms with Crippen molar-refractivity contribution >= 4 is 11.9 Å². The summed E-state index contributed by atoms with van der Waals surface area (Å²) in [6.45, 7) is 2.55. The summed E-state index contributed by atoms with van der Waals surface area (Å²) >= 11 is 0. The van der Waals surface area contributed by atoms with Crippen LogP contribution in [0.1, 0.15) is 54.9 Å². The zero-order valence-corrected chi connectivity index (χ0v) is 13.3. The highest BCUT2D eigenvalue weighted by molar-refractivity contribution is 5.91. The van der Waals surface area contributed by atoms with E-state index in [2.05, 4.69) is 12.2 Å². The molecular formula is C18H25NO3. The van der Waals surface area contributed by atoms with Crippen LogP contribution in [0.2, 0.25) is 0 Å². The van der Waals surface area contributed by atoms with Gasteiger partial charge in [-0.05, 0) is 42.9 Å². The third kappa shape index (κ3) is 5.17. The average Bonchev–Trinajstić information content (AvgIpc) is 2.58. The molecule has 0 heterocycles. The highest BCUT2D eigenvalue weighted by Crippen LogP contribution is 2.22. The molecule has 1 fully saturated rings. The SMILES string of the molecule is CCc1ccc(C(=O)OCC(=O)NCC2CCCCC2)cc1. The molecule has 1 saturated carbocycles. The van der Waals surface area contributed by atoms with E-state index in [1.165, 1.54) is 37.7 Å². The molecule has 0 spiro atoms. The van der Waals surface area contributed by atoms with Gasteiger partial charge >= 0.3 is 5.97 Å². The van der Waals surface area contributed by atoms with Crippen LogP contribution in [-0.2, 0) is 16.0 Å². The Morgan fingerprint density at radius 2 is 1.82 bits per heavy atom. The second kappa shape index (κ2) is 8.57. The number of rotatable bonds is 6. The highest BCUT2D eigenvalue weighted by atomic mass is 16.5. The molecule has 0 aromatic heterocycles. The Morgan fingerprint density at radius 1 is 1.14 bits per heavy atom. The predicted octanol–water partition coefficient (Wildman–Crippen LogP) is 3.10. The molecule has 120 valence electrons. The van der Waals surface area contributed by atoms with Crippen LogP contribution in [0, 0.1) is 5.92 Å². The molecule has 1 aliphatic carbocycles. The smallest absolute Gasteiger partial charge is 0.338 e. The number of nitrogens with one attached hydrogen (secondary N) is 1. The van der Waals surface area contributed by atoms with Gasteiger partial charge in [-0.15, -0.1) is 0 Å². The van der Waals surface area contributed by atoms with Gasteiger partial charge in [0.15, 0.2) is 6.61 Å². The monoisotopic (exact) mass is 303 g/mol. The van der Waals surface area contributed by atoms with Gasteiger partial charge in [0.05, 0.1) is 5.56 Å². The first-order valence-corrected chi connectivity index (χ1v) is 8.21. The quantitative estimate of drug-likeness (QED) is 0.822. The number of hydrogen-bond donors (Lipinski definition) is 1. The van der Waals surface area contributed by atoms with E-state index in [0.29, 0.717) is 18.0 Å². The van der Waals surface area contributed by atoms with Crippen molar-refractivity contribution in [3.05, 3.63) is 35.4 Å². The van der Waals surface area contributed by atoms with Crippen LogP contribution in [-0.4, -0.2) is 25.0 Å². The van der Waals surface area contributed by atoms with Crippen LogP contribution >= 0.6 is 0 Å². The van der Waals surface area contributed by atoms with Gasteiger partial charge in [-0.1, -0.05) is 38.3 Å². The molecule has 0 atom stereocenters. The minimum atomic E-state index is -0.449.